The van der Waals surface area contributed by atoms with E-state index in [1.807, 2.05) is 0 Å². The van der Waals surface area contributed by atoms with E-state index < -0.39 is 0 Å². The molecule has 0 heterocycles. The molecular weight excluding hydrogens is 168 g/mol. The number of benzene rings is 1. The molecule has 72 valence electrons. The topological polar surface area (TPSA) is 0 Å². The van der Waals surface area contributed by atoms with Gasteiger partial charge in [-0.3, -0.25) is 0 Å². The third kappa shape index (κ3) is 1.79. The second kappa shape index (κ2) is 3.83. The summed E-state index contributed by atoms with van der Waals surface area (Å²) in [6, 6.07) is 10.7. The Bertz CT molecular complexity index is 368. The summed E-state index contributed by atoms with van der Waals surface area (Å²) in [6.45, 7) is 4.50. The highest BCUT2D eigenvalue weighted by Crippen LogP contribution is 2.31. The van der Waals surface area contributed by atoms with E-state index in [9.17, 15) is 0 Å². The SMILES string of the molecule is CC1=CC=C(c2ccccc2)C(C)C1. The number of hydrogen-bond acceptors (Lipinski definition) is 0. The Hall–Kier alpha value is -1.30. The van der Waals surface area contributed by atoms with E-state index in [2.05, 4.69) is 56.3 Å². The second-order valence-electron chi connectivity index (χ2n) is 4.11. The van der Waals surface area contributed by atoms with Gasteiger partial charge in [-0.2, -0.15) is 0 Å². The molecule has 0 aromatic heterocycles. The molecule has 14 heavy (non-hydrogen) atoms. The van der Waals surface area contributed by atoms with Crippen molar-refractivity contribution in [2.75, 3.05) is 0 Å². The zero-order chi connectivity index (χ0) is 9.97. The van der Waals surface area contributed by atoms with Crippen molar-refractivity contribution in [2.24, 2.45) is 5.92 Å². The average molecular weight is 184 g/mol. The summed E-state index contributed by atoms with van der Waals surface area (Å²) < 4.78 is 0. The highest BCUT2D eigenvalue weighted by atomic mass is 14.2. The van der Waals surface area contributed by atoms with Gasteiger partial charge in [-0.1, -0.05) is 55.0 Å². The van der Waals surface area contributed by atoms with Crippen LogP contribution in [0.2, 0.25) is 0 Å². The standard InChI is InChI=1S/C14H16/c1-11-8-9-14(12(2)10-11)13-6-4-3-5-7-13/h3-9,12H,10H2,1-2H3. The van der Waals surface area contributed by atoms with Crippen LogP contribution in [0.15, 0.2) is 48.1 Å². The Kier molecular flexibility index (Phi) is 2.53. The maximum Gasteiger partial charge on any atom is -0.0147 e. The predicted molar refractivity (Wildman–Crippen MR) is 62.0 cm³/mol. The number of hydrogen-bond donors (Lipinski definition) is 0. The van der Waals surface area contributed by atoms with Crippen molar-refractivity contribution in [2.45, 2.75) is 20.3 Å². The van der Waals surface area contributed by atoms with Crippen molar-refractivity contribution in [3.8, 4) is 0 Å². The Morgan fingerprint density at radius 2 is 1.79 bits per heavy atom. The van der Waals surface area contributed by atoms with Gasteiger partial charge in [-0.15, -0.1) is 0 Å². The molecule has 0 nitrogen and oxygen atoms in total. The van der Waals surface area contributed by atoms with Gasteiger partial charge >= 0.3 is 0 Å². The van der Waals surface area contributed by atoms with Crippen LogP contribution in [0.4, 0.5) is 0 Å². The Labute approximate surface area is 86.0 Å². The zero-order valence-corrected chi connectivity index (χ0v) is 8.83. The van der Waals surface area contributed by atoms with E-state index in [1.165, 1.54) is 23.1 Å². The Morgan fingerprint density at radius 3 is 2.43 bits per heavy atom. The van der Waals surface area contributed by atoms with Gasteiger partial charge in [0, 0.05) is 0 Å². The summed E-state index contributed by atoms with van der Waals surface area (Å²) >= 11 is 0. The van der Waals surface area contributed by atoms with E-state index in [0.717, 1.165) is 0 Å². The molecule has 1 aliphatic carbocycles. The second-order valence-corrected chi connectivity index (χ2v) is 4.11. The minimum Gasteiger partial charge on any atom is -0.0727 e. The molecule has 0 N–H and O–H groups in total. The molecule has 0 saturated heterocycles. The normalized spacial score (nSPS) is 21.4. The highest BCUT2D eigenvalue weighted by Gasteiger charge is 2.13. The van der Waals surface area contributed by atoms with Gasteiger partial charge in [0.2, 0.25) is 0 Å². The fourth-order valence-corrected chi connectivity index (χ4v) is 2.07. The lowest BCUT2D eigenvalue weighted by atomic mass is 9.85. The fraction of sp³-hybridized carbons (Fsp3) is 0.286. The smallest absolute Gasteiger partial charge is 0.0147 e. The molecule has 0 radical (unpaired) electrons. The van der Waals surface area contributed by atoms with Gasteiger partial charge in [0.15, 0.2) is 0 Å². The third-order valence-electron chi connectivity index (χ3n) is 2.81. The van der Waals surface area contributed by atoms with Gasteiger partial charge in [0.1, 0.15) is 0 Å². The fourth-order valence-electron chi connectivity index (χ4n) is 2.07. The van der Waals surface area contributed by atoms with Gasteiger partial charge in [0.05, 0.1) is 0 Å². The maximum absolute atomic E-state index is 2.30. The van der Waals surface area contributed by atoms with Crippen LogP contribution >= 0.6 is 0 Å². The summed E-state index contributed by atoms with van der Waals surface area (Å²) in [5, 5.41) is 0. The van der Waals surface area contributed by atoms with Gasteiger partial charge in [0.25, 0.3) is 0 Å². The summed E-state index contributed by atoms with van der Waals surface area (Å²) in [5.41, 5.74) is 4.32. The first kappa shape index (κ1) is 9.26. The lowest BCUT2D eigenvalue weighted by Gasteiger charge is -2.20. The molecule has 1 aliphatic rings. The monoisotopic (exact) mass is 184 g/mol. The molecule has 1 unspecified atom stereocenters. The van der Waals surface area contributed by atoms with Crippen LogP contribution in [-0.4, -0.2) is 0 Å². The Morgan fingerprint density at radius 1 is 1.07 bits per heavy atom. The van der Waals surface area contributed by atoms with Crippen molar-refractivity contribution in [1.29, 1.82) is 0 Å². The van der Waals surface area contributed by atoms with Crippen molar-refractivity contribution in [3.05, 3.63) is 53.6 Å². The summed E-state index contributed by atoms with van der Waals surface area (Å²) in [7, 11) is 0. The van der Waals surface area contributed by atoms with Crippen molar-refractivity contribution in [3.63, 3.8) is 0 Å². The van der Waals surface area contributed by atoms with Crippen LogP contribution in [0.25, 0.3) is 5.57 Å². The van der Waals surface area contributed by atoms with Crippen molar-refractivity contribution < 1.29 is 0 Å². The molecule has 0 aliphatic heterocycles. The molecule has 0 heteroatoms. The largest absolute Gasteiger partial charge is 0.0727 e. The molecule has 1 atom stereocenters. The van der Waals surface area contributed by atoms with E-state index in [4.69, 9.17) is 0 Å². The van der Waals surface area contributed by atoms with Gasteiger partial charge < -0.3 is 0 Å². The van der Waals surface area contributed by atoms with Crippen LogP contribution in [0.1, 0.15) is 25.8 Å². The lowest BCUT2D eigenvalue weighted by molar-refractivity contribution is 0.728. The number of rotatable bonds is 1. The minimum absolute atomic E-state index is 0.655. The van der Waals surface area contributed by atoms with E-state index in [0.29, 0.717) is 5.92 Å². The van der Waals surface area contributed by atoms with Crippen LogP contribution in [0, 0.1) is 5.92 Å². The first-order chi connectivity index (χ1) is 6.77. The Balaban J connectivity index is 2.35. The van der Waals surface area contributed by atoms with Crippen LogP contribution < -0.4 is 0 Å². The molecule has 0 fully saturated rings. The zero-order valence-electron chi connectivity index (χ0n) is 8.83. The van der Waals surface area contributed by atoms with E-state index in [-0.39, 0.29) is 0 Å². The van der Waals surface area contributed by atoms with E-state index >= 15 is 0 Å². The first-order valence-electron chi connectivity index (χ1n) is 5.20. The predicted octanol–water partition coefficient (Wildman–Crippen LogP) is 4.06. The van der Waals surface area contributed by atoms with Crippen molar-refractivity contribution >= 4 is 5.57 Å². The molecule has 0 saturated carbocycles. The minimum atomic E-state index is 0.655. The first-order valence-corrected chi connectivity index (χ1v) is 5.20. The summed E-state index contributed by atoms with van der Waals surface area (Å²) in [5.74, 6) is 0.655. The quantitative estimate of drug-likeness (QED) is 0.617. The number of allylic oxidation sites excluding steroid dienone is 4. The van der Waals surface area contributed by atoms with E-state index in [1.54, 1.807) is 0 Å². The molecule has 0 bridgehead atoms. The molecule has 0 amide bonds. The van der Waals surface area contributed by atoms with Gasteiger partial charge in [-0.25, -0.2) is 0 Å². The summed E-state index contributed by atoms with van der Waals surface area (Å²) in [6.07, 6.45) is 5.70. The summed E-state index contributed by atoms with van der Waals surface area (Å²) in [4.78, 5) is 0. The molecule has 1 aromatic rings. The molecular formula is C14H16. The molecule has 2 rings (SSSR count). The molecule has 0 spiro atoms. The highest BCUT2D eigenvalue weighted by molar-refractivity contribution is 5.70. The van der Waals surface area contributed by atoms with Crippen molar-refractivity contribution in [1.82, 2.24) is 0 Å². The van der Waals surface area contributed by atoms with Crippen LogP contribution in [0.5, 0.6) is 0 Å². The third-order valence-corrected chi connectivity index (χ3v) is 2.81. The maximum atomic E-state index is 2.30. The van der Waals surface area contributed by atoms with Crippen LogP contribution in [-0.2, 0) is 0 Å². The lowest BCUT2D eigenvalue weighted by Crippen LogP contribution is -2.03. The molecule has 1 aromatic carbocycles. The van der Waals surface area contributed by atoms with Gasteiger partial charge in [-0.05, 0) is 30.4 Å². The average Bonchev–Trinajstić information content (AvgIpc) is 2.19. The van der Waals surface area contributed by atoms with Crippen LogP contribution in [0.3, 0.4) is 0 Å².